The van der Waals surface area contributed by atoms with Crippen molar-refractivity contribution in [2.75, 3.05) is 6.61 Å². The second-order valence-electron chi connectivity index (χ2n) is 6.85. The highest BCUT2D eigenvalue weighted by molar-refractivity contribution is 6.08. The summed E-state index contributed by atoms with van der Waals surface area (Å²) in [5.74, 6) is -0.682. The Hall–Kier alpha value is -2.37. The molecule has 1 aromatic carbocycles. The third-order valence-corrected chi connectivity index (χ3v) is 5.05. The van der Waals surface area contributed by atoms with Crippen molar-refractivity contribution in [3.05, 3.63) is 29.8 Å². The highest BCUT2D eigenvalue weighted by Crippen LogP contribution is 2.33. The zero-order valence-electron chi connectivity index (χ0n) is 14.4. The van der Waals surface area contributed by atoms with Crippen LogP contribution in [-0.4, -0.2) is 29.4 Å². The molecule has 3 rings (SSSR count). The number of phenols is 1. The fourth-order valence-corrected chi connectivity index (χ4v) is 3.68. The first kappa shape index (κ1) is 17.5. The number of benzene rings is 1. The molecule has 1 aliphatic heterocycles. The van der Waals surface area contributed by atoms with E-state index in [0.717, 1.165) is 12.8 Å². The first-order valence-corrected chi connectivity index (χ1v) is 8.86. The number of carbonyl (C=O) groups is 2. The molecule has 2 atom stereocenters. The van der Waals surface area contributed by atoms with Crippen molar-refractivity contribution in [2.45, 2.75) is 45.1 Å². The molecule has 6 nitrogen and oxygen atoms in total. The third kappa shape index (κ3) is 4.00. The normalized spacial score (nSPS) is 24.4. The van der Waals surface area contributed by atoms with Crippen LogP contribution in [0.1, 0.15) is 50.6 Å². The zero-order chi connectivity index (χ0) is 17.8. The number of para-hydroxylation sites is 1. The summed E-state index contributed by atoms with van der Waals surface area (Å²) in [7, 11) is 0. The summed E-state index contributed by atoms with van der Waals surface area (Å²) < 4.78 is 5.57. The maximum atomic E-state index is 12.7. The molecular formula is C19H24N2O4. The summed E-state index contributed by atoms with van der Waals surface area (Å²) in [6, 6.07) is 5.49. The van der Waals surface area contributed by atoms with E-state index in [-0.39, 0.29) is 5.75 Å². The van der Waals surface area contributed by atoms with Gasteiger partial charge in [0.15, 0.2) is 0 Å². The van der Waals surface area contributed by atoms with E-state index in [0.29, 0.717) is 23.8 Å². The number of esters is 1. The third-order valence-electron chi connectivity index (χ3n) is 5.05. The summed E-state index contributed by atoms with van der Waals surface area (Å²) in [5, 5.41) is 12.8. The van der Waals surface area contributed by atoms with Crippen molar-refractivity contribution >= 4 is 17.7 Å². The lowest BCUT2D eigenvalue weighted by atomic mass is 9.87. The Morgan fingerprint density at radius 2 is 2.00 bits per heavy atom. The number of hydrogen-bond donors (Lipinski definition) is 2. The number of hydrogen-bond acceptors (Lipinski definition) is 4. The second kappa shape index (κ2) is 7.68. The van der Waals surface area contributed by atoms with E-state index in [4.69, 9.17) is 4.74 Å². The Morgan fingerprint density at radius 1 is 1.28 bits per heavy atom. The number of ether oxygens (including phenoxy) is 1. The fraction of sp³-hybridized carbons (Fsp3) is 0.526. The van der Waals surface area contributed by atoms with Gasteiger partial charge in [-0.3, -0.25) is 4.79 Å². The van der Waals surface area contributed by atoms with Crippen LogP contribution >= 0.6 is 0 Å². The van der Waals surface area contributed by atoms with Crippen molar-refractivity contribution in [2.24, 2.45) is 16.8 Å². The number of nitrogens with one attached hydrogen (secondary N) is 1. The number of rotatable bonds is 4. The molecule has 1 heterocycles. The van der Waals surface area contributed by atoms with Gasteiger partial charge in [-0.15, -0.1) is 0 Å². The van der Waals surface area contributed by atoms with Crippen molar-refractivity contribution in [3.63, 3.8) is 0 Å². The van der Waals surface area contributed by atoms with Gasteiger partial charge in [0.2, 0.25) is 0 Å². The second-order valence-corrected chi connectivity index (χ2v) is 6.85. The molecule has 0 saturated heterocycles. The molecule has 6 heteroatoms. The van der Waals surface area contributed by atoms with Crippen molar-refractivity contribution < 1.29 is 19.4 Å². The van der Waals surface area contributed by atoms with Crippen LogP contribution < -0.4 is 5.32 Å². The highest BCUT2D eigenvalue weighted by atomic mass is 16.5. The van der Waals surface area contributed by atoms with Gasteiger partial charge in [0.05, 0.1) is 12.6 Å². The maximum absolute atomic E-state index is 12.7. The van der Waals surface area contributed by atoms with Gasteiger partial charge < -0.3 is 15.2 Å². The van der Waals surface area contributed by atoms with Crippen LogP contribution in [-0.2, 0) is 9.53 Å². The van der Waals surface area contributed by atoms with Crippen LogP contribution in [0.15, 0.2) is 29.3 Å². The van der Waals surface area contributed by atoms with Crippen LogP contribution in [0.5, 0.6) is 5.75 Å². The van der Waals surface area contributed by atoms with Gasteiger partial charge >= 0.3 is 12.0 Å². The van der Waals surface area contributed by atoms with E-state index in [1.807, 2.05) is 0 Å². The minimum Gasteiger partial charge on any atom is -0.508 e. The van der Waals surface area contributed by atoms with E-state index in [1.165, 1.54) is 25.3 Å². The zero-order valence-corrected chi connectivity index (χ0v) is 14.4. The van der Waals surface area contributed by atoms with Gasteiger partial charge in [-0.2, -0.15) is 0 Å². The first-order valence-electron chi connectivity index (χ1n) is 8.86. The van der Waals surface area contributed by atoms with Crippen LogP contribution in [0.2, 0.25) is 0 Å². The van der Waals surface area contributed by atoms with Crippen molar-refractivity contribution in [1.29, 1.82) is 0 Å². The quantitative estimate of drug-likeness (QED) is 0.820. The van der Waals surface area contributed by atoms with Gasteiger partial charge in [-0.05, 0) is 31.7 Å². The molecule has 25 heavy (non-hydrogen) atoms. The molecule has 0 radical (unpaired) electrons. The standard InChI is InChI=1S/C19H24N2O4/c1-12-16(18(23)25-11-13-7-3-2-4-8-13)17(21-19(24)20-12)14-9-5-6-10-15(14)22/h5-6,9-10,13,16-17,22H,2-4,7-8,11H2,1H3,(H,21,24). The number of nitrogens with zero attached hydrogens (tertiary/aromatic N) is 1. The van der Waals surface area contributed by atoms with Crippen LogP contribution in [0.4, 0.5) is 4.79 Å². The number of amides is 2. The Kier molecular flexibility index (Phi) is 5.36. The SMILES string of the molecule is CC1=NC(=O)NC(c2ccccc2O)C1C(=O)OCC1CCCCC1. The Morgan fingerprint density at radius 3 is 2.72 bits per heavy atom. The fourth-order valence-electron chi connectivity index (χ4n) is 3.68. The molecule has 2 unspecified atom stereocenters. The molecule has 0 spiro atoms. The number of urea groups is 1. The Bertz CT molecular complexity index is 680. The molecule has 134 valence electrons. The van der Waals surface area contributed by atoms with E-state index in [9.17, 15) is 14.7 Å². The minimum atomic E-state index is -0.727. The van der Waals surface area contributed by atoms with Crippen molar-refractivity contribution in [1.82, 2.24) is 5.32 Å². The van der Waals surface area contributed by atoms with E-state index >= 15 is 0 Å². The average molecular weight is 344 g/mol. The van der Waals surface area contributed by atoms with E-state index in [1.54, 1.807) is 25.1 Å². The molecule has 2 N–H and O–H groups in total. The number of aromatic hydroxyl groups is 1. The molecule has 0 aromatic heterocycles. The van der Waals surface area contributed by atoms with E-state index in [2.05, 4.69) is 10.3 Å². The topological polar surface area (TPSA) is 88.0 Å². The summed E-state index contributed by atoms with van der Waals surface area (Å²) in [6.45, 7) is 2.06. The maximum Gasteiger partial charge on any atom is 0.341 e. The summed E-state index contributed by atoms with van der Waals surface area (Å²) >= 11 is 0. The van der Waals surface area contributed by atoms with Gasteiger partial charge in [0.25, 0.3) is 0 Å². The van der Waals surface area contributed by atoms with E-state index < -0.39 is 24.0 Å². The van der Waals surface area contributed by atoms with Crippen LogP contribution in [0, 0.1) is 11.8 Å². The predicted octanol–water partition coefficient (Wildman–Crippen LogP) is 3.36. The summed E-state index contributed by atoms with van der Waals surface area (Å²) in [4.78, 5) is 28.4. The Balaban J connectivity index is 1.77. The molecule has 1 aliphatic carbocycles. The first-order chi connectivity index (χ1) is 12.1. The highest BCUT2D eigenvalue weighted by Gasteiger charge is 2.39. The minimum absolute atomic E-state index is 0.0348. The molecule has 1 aromatic rings. The molecule has 0 bridgehead atoms. The lowest BCUT2D eigenvalue weighted by Crippen LogP contribution is -2.44. The lowest BCUT2D eigenvalue weighted by Gasteiger charge is -2.30. The molecule has 1 saturated carbocycles. The Labute approximate surface area is 147 Å². The van der Waals surface area contributed by atoms with Crippen LogP contribution in [0.25, 0.3) is 0 Å². The number of phenolic OH excluding ortho intramolecular Hbond substituents is 1. The number of carbonyl (C=O) groups excluding carboxylic acids is 2. The summed E-state index contributed by atoms with van der Waals surface area (Å²) in [6.07, 6.45) is 5.79. The molecular weight excluding hydrogens is 320 g/mol. The molecule has 1 fully saturated rings. The van der Waals surface area contributed by atoms with Crippen molar-refractivity contribution in [3.8, 4) is 5.75 Å². The van der Waals surface area contributed by atoms with Gasteiger partial charge in [0, 0.05) is 11.3 Å². The van der Waals surface area contributed by atoms with Gasteiger partial charge in [-0.1, -0.05) is 37.5 Å². The monoisotopic (exact) mass is 344 g/mol. The summed E-state index contributed by atoms with van der Waals surface area (Å²) in [5.41, 5.74) is 0.898. The largest absolute Gasteiger partial charge is 0.508 e. The van der Waals surface area contributed by atoms with Gasteiger partial charge in [-0.25, -0.2) is 9.79 Å². The smallest absolute Gasteiger partial charge is 0.341 e. The van der Waals surface area contributed by atoms with Crippen LogP contribution in [0.3, 0.4) is 0 Å². The average Bonchev–Trinajstić information content (AvgIpc) is 2.60. The van der Waals surface area contributed by atoms with Gasteiger partial charge in [0.1, 0.15) is 11.7 Å². The lowest BCUT2D eigenvalue weighted by molar-refractivity contribution is -0.148. The molecule has 2 amide bonds. The molecule has 2 aliphatic rings. The predicted molar refractivity (Wildman–Crippen MR) is 93.5 cm³/mol. The number of aliphatic imine (C=N–C) groups is 1.